The maximum absolute atomic E-state index is 12.6. The summed E-state index contributed by atoms with van der Waals surface area (Å²) in [5.74, 6) is -0.620. The average molecular weight is 378 g/mol. The Morgan fingerprint density at radius 2 is 1.69 bits per heavy atom. The van der Waals surface area contributed by atoms with Crippen LogP contribution in [-0.2, 0) is 24.8 Å². The van der Waals surface area contributed by atoms with Crippen LogP contribution < -0.4 is 10.6 Å². The minimum absolute atomic E-state index is 0.0295. The van der Waals surface area contributed by atoms with Crippen LogP contribution in [-0.4, -0.2) is 37.8 Å². The minimum Gasteiger partial charge on any atom is -0.351 e. The number of anilines is 1. The second-order valence-electron chi connectivity index (χ2n) is 8.44. The predicted molar refractivity (Wildman–Crippen MR) is 101 cm³/mol. The molecule has 0 bridgehead atoms. The van der Waals surface area contributed by atoms with Crippen molar-refractivity contribution in [1.29, 1.82) is 0 Å². The summed E-state index contributed by atoms with van der Waals surface area (Å²) in [6.07, 6.45) is 1.40. The summed E-state index contributed by atoms with van der Waals surface area (Å²) < 4.78 is 23.1. The van der Waals surface area contributed by atoms with E-state index in [2.05, 4.69) is 31.4 Å². The molecule has 7 heteroatoms. The van der Waals surface area contributed by atoms with Crippen LogP contribution in [0.1, 0.15) is 45.6 Å². The van der Waals surface area contributed by atoms with E-state index in [4.69, 9.17) is 0 Å². The van der Waals surface area contributed by atoms with Crippen molar-refractivity contribution in [2.24, 2.45) is 5.41 Å². The number of nitrogens with one attached hydrogen (secondary N) is 2. The highest BCUT2D eigenvalue weighted by molar-refractivity contribution is 7.91. The van der Waals surface area contributed by atoms with Gasteiger partial charge in [0, 0.05) is 11.7 Å². The molecule has 1 aromatic rings. The van der Waals surface area contributed by atoms with E-state index in [0.29, 0.717) is 24.9 Å². The van der Waals surface area contributed by atoms with Crippen molar-refractivity contribution in [3.05, 3.63) is 29.8 Å². The second-order valence-corrected chi connectivity index (χ2v) is 10.7. The van der Waals surface area contributed by atoms with Gasteiger partial charge in [-0.2, -0.15) is 0 Å². The quantitative estimate of drug-likeness (QED) is 0.784. The maximum Gasteiger partial charge on any atom is 0.240 e. The number of rotatable bonds is 4. The SMILES string of the molecule is CC(C)(C)c1ccc(NC(=O)C2(C(=O)NC3CCS(=O)(=O)C3)CC2)cc1. The molecule has 1 heterocycles. The van der Waals surface area contributed by atoms with Crippen LogP contribution in [0.4, 0.5) is 5.69 Å². The molecule has 2 amide bonds. The number of hydrogen-bond donors (Lipinski definition) is 2. The molecule has 1 atom stereocenters. The topological polar surface area (TPSA) is 92.3 Å². The zero-order valence-corrected chi connectivity index (χ0v) is 16.3. The molecule has 142 valence electrons. The number of hydrogen-bond acceptors (Lipinski definition) is 4. The molecule has 1 saturated heterocycles. The largest absolute Gasteiger partial charge is 0.351 e. The summed E-state index contributed by atoms with van der Waals surface area (Å²) in [7, 11) is -3.07. The Labute approximate surface area is 154 Å². The van der Waals surface area contributed by atoms with Gasteiger partial charge >= 0.3 is 0 Å². The van der Waals surface area contributed by atoms with E-state index < -0.39 is 15.3 Å². The van der Waals surface area contributed by atoms with Crippen LogP contribution in [0.3, 0.4) is 0 Å². The normalized spacial score (nSPS) is 23.3. The smallest absolute Gasteiger partial charge is 0.240 e. The number of sulfone groups is 1. The molecule has 26 heavy (non-hydrogen) atoms. The molecule has 1 aromatic carbocycles. The number of carbonyl (C=O) groups excluding carboxylic acids is 2. The molecule has 2 aliphatic rings. The van der Waals surface area contributed by atoms with Crippen LogP contribution >= 0.6 is 0 Å². The van der Waals surface area contributed by atoms with Crippen LogP contribution in [0.15, 0.2) is 24.3 Å². The van der Waals surface area contributed by atoms with E-state index in [9.17, 15) is 18.0 Å². The van der Waals surface area contributed by atoms with Gasteiger partial charge in [-0.15, -0.1) is 0 Å². The lowest BCUT2D eigenvalue weighted by Gasteiger charge is -2.20. The van der Waals surface area contributed by atoms with Crippen molar-refractivity contribution in [1.82, 2.24) is 5.32 Å². The van der Waals surface area contributed by atoms with Gasteiger partial charge in [-0.25, -0.2) is 8.42 Å². The van der Waals surface area contributed by atoms with Crippen molar-refractivity contribution >= 4 is 27.3 Å². The highest BCUT2D eigenvalue weighted by atomic mass is 32.2. The highest BCUT2D eigenvalue weighted by Gasteiger charge is 2.57. The van der Waals surface area contributed by atoms with Crippen molar-refractivity contribution in [2.45, 2.75) is 51.5 Å². The Kier molecular flexibility index (Phi) is 4.63. The first kappa shape index (κ1) is 18.9. The van der Waals surface area contributed by atoms with Gasteiger partial charge in [0.05, 0.1) is 11.5 Å². The molecular weight excluding hydrogens is 352 g/mol. The third kappa shape index (κ3) is 3.92. The fourth-order valence-corrected chi connectivity index (χ4v) is 4.89. The van der Waals surface area contributed by atoms with Gasteiger partial charge in [0.25, 0.3) is 0 Å². The molecular formula is C19H26N2O4S. The standard InChI is InChI=1S/C19H26N2O4S/c1-18(2,3)13-4-6-14(7-5-13)20-16(22)19(9-10-19)17(23)21-15-8-11-26(24,25)12-15/h4-7,15H,8-12H2,1-3H3,(H,20,22)(H,21,23). The van der Waals surface area contributed by atoms with E-state index >= 15 is 0 Å². The van der Waals surface area contributed by atoms with Gasteiger partial charge in [-0.1, -0.05) is 32.9 Å². The van der Waals surface area contributed by atoms with E-state index in [1.165, 1.54) is 0 Å². The molecule has 6 nitrogen and oxygen atoms in total. The van der Waals surface area contributed by atoms with Crippen molar-refractivity contribution in [3.8, 4) is 0 Å². The summed E-state index contributed by atoms with van der Waals surface area (Å²) in [4.78, 5) is 25.2. The Morgan fingerprint density at radius 3 is 2.15 bits per heavy atom. The summed E-state index contributed by atoms with van der Waals surface area (Å²) in [6, 6.07) is 7.24. The van der Waals surface area contributed by atoms with Crippen molar-refractivity contribution < 1.29 is 18.0 Å². The minimum atomic E-state index is -3.07. The second kappa shape index (κ2) is 6.37. The number of amides is 2. The van der Waals surface area contributed by atoms with Crippen LogP contribution in [0.5, 0.6) is 0 Å². The van der Waals surface area contributed by atoms with Gasteiger partial charge in [-0.05, 0) is 42.4 Å². The number of carbonyl (C=O) groups is 2. The zero-order chi connectivity index (χ0) is 19.2. The molecule has 1 aliphatic carbocycles. The molecule has 3 rings (SSSR count). The predicted octanol–water partition coefficient (Wildman–Crippen LogP) is 2.01. The molecule has 0 radical (unpaired) electrons. The fourth-order valence-electron chi connectivity index (χ4n) is 3.22. The van der Waals surface area contributed by atoms with Gasteiger partial charge in [0.2, 0.25) is 11.8 Å². The third-order valence-corrected chi connectivity index (χ3v) is 6.96. The van der Waals surface area contributed by atoms with Crippen LogP contribution in [0, 0.1) is 5.41 Å². The first-order valence-corrected chi connectivity index (χ1v) is 10.8. The summed E-state index contributed by atoms with van der Waals surface area (Å²) in [5, 5.41) is 5.58. The summed E-state index contributed by atoms with van der Waals surface area (Å²) in [6.45, 7) is 6.36. The first-order valence-electron chi connectivity index (χ1n) is 8.95. The molecule has 1 aliphatic heterocycles. The molecule has 0 aromatic heterocycles. The van der Waals surface area contributed by atoms with Crippen molar-refractivity contribution in [2.75, 3.05) is 16.8 Å². The number of benzene rings is 1. The van der Waals surface area contributed by atoms with Crippen LogP contribution in [0.25, 0.3) is 0 Å². The van der Waals surface area contributed by atoms with Gasteiger partial charge in [0.1, 0.15) is 5.41 Å². The Bertz CT molecular complexity index is 818. The third-order valence-electron chi connectivity index (χ3n) is 5.20. The van der Waals surface area contributed by atoms with Gasteiger partial charge in [-0.3, -0.25) is 9.59 Å². The first-order chi connectivity index (χ1) is 12.0. The Morgan fingerprint density at radius 1 is 1.08 bits per heavy atom. The fraction of sp³-hybridized carbons (Fsp3) is 0.579. The van der Waals surface area contributed by atoms with Crippen molar-refractivity contribution in [3.63, 3.8) is 0 Å². The Balaban J connectivity index is 1.63. The lowest BCUT2D eigenvalue weighted by Crippen LogP contribution is -2.45. The van der Waals surface area contributed by atoms with E-state index in [-0.39, 0.29) is 34.8 Å². The molecule has 2 N–H and O–H groups in total. The van der Waals surface area contributed by atoms with E-state index in [1.54, 1.807) is 0 Å². The Hall–Kier alpha value is -1.89. The lowest BCUT2D eigenvalue weighted by molar-refractivity contribution is -0.134. The summed E-state index contributed by atoms with van der Waals surface area (Å²) in [5.41, 5.74) is 0.791. The molecule has 1 saturated carbocycles. The average Bonchev–Trinajstić information content (AvgIpc) is 3.28. The molecule has 2 fully saturated rings. The summed E-state index contributed by atoms with van der Waals surface area (Å²) >= 11 is 0. The highest BCUT2D eigenvalue weighted by Crippen LogP contribution is 2.47. The monoisotopic (exact) mass is 378 g/mol. The van der Waals surface area contributed by atoms with Gasteiger partial charge in [0.15, 0.2) is 9.84 Å². The van der Waals surface area contributed by atoms with E-state index in [1.807, 2.05) is 24.3 Å². The van der Waals surface area contributed by atoms with E-state index in [0.717, 1.165) is 5.56 Å². The molecule has 0 spiro atoms. The zero-order valence-electron chi connectivity index (χ0n) is 15.5. The lowest BCUT2D eigenvalue weighted by atomic mass is 9.87. The molecule has 1 unspecified atom stereocenters. The maximum atomic E-state index is 12.6. The van der Waals surface area contributed by atoms with Gasteiger partial charge < -0.3 is 10.6 Å². The van der Waals surface area contributed by atoms with Crippen LogP contribution in [0.2, 0.25) is 0 Å².